The van der Waals surface area contributed by atoms with E-state index in [1.54, 1.807) is 0 Å². The molecule has 3 N–H and O–H groups in total. The Morgan fingerprint density at radius 2 is 2.13 bits per heavy atom. The van der Waals surface area contributed by atoms with Gasteiger partial charge in [0.1, 0.15) is 0 Å². The first-order chi connectivity index (χ1) is 10.2. The molecule has 2 rings (SSSR count). The number of carbonyl (C=O) groups is 1. The van der Waals surface area contributed by atoms with Gasteiger partial charge in [0.15, 0.2) is 0 Å². The Labute approximate surface area is 147 Å². The Kier molecular flexibility index (Phi) is 6.46. The SMILES string of the molecule is CC(=O)Nc1ccc(S(=O)(=O)N2CCC(C)(CN)C2)cc1Cl.Cl. The highest BCUT2D eigenvalue weighted by molar-refractivity contribution is 7.89. The maximum absolute atomic E-state index is 12.7. The molecule has 9 heteroatoms. The summed E-state index contributed by atoms with van der Waals surface area (Å²) < 4.78 is 26.8. The first-order valence-corrected chi connectivity index (χ1v) is 8.77. The molecule has 130 valence electrons. The maximum Gasteiger partial charge on any atom is 0.243 e. The van der Waals surface area contributed by atoms with Gasteiger partial charge in [-0.05, 0) is 36.6 Å². The third-order valence-electron chi connectivity index (χ3n) is 3.90. The lowest BCUT2D eigenvalue weighted by Crippen LogP contribution is -2.34. The first-order valence-electron chi connectivity index (χ1n) is 6.95. The van der Waals surface area contributed by atoms with Gasteiger partial charge in [0, 0.05) is 20.0 Å². The standard InChI is InChI=1S/C14H20ClN3O3S.ClH/c1-10(19)17-13-4-3-11(7-12(13)15)22(20,21)18-6-5-14(2,8-16)9-18;/h3-4,7H,5-6,8-9,16H2,1-2H3,(H,17,19);1H. The minimum atomic E-state index is -3.61. The van der Waals surface area contributed by atoms with E-state index in [0.717, 1.165) is 6.42 Å². The zero-order chi connectivity index (χ0) is 16.5. The molecule has 23 heavy (non-hydrogen) atoms. The highest BCUT2D eigenvalue weighted by Crippen LogP contribution is 2.34. The van der Waals surface area contributed by atoms with Gasteiger partial charge in [0.25, 0.3) is 0 Å². The zero-order valence-corrected chi connectivity index (χ0v) is 15.4. The number of benzene rings is 1. The molecule has 0 bridgehead atoms. The number of hydrogen-bond donors (Lipinski definition) is 2. The van der Waals surface area contributed by atoms with Gasteiger partial charge in [0.05, 0.1) is 15.6 Å². The van der Waals surface area contributed by atoms with Crippen molar-refractivity contribution in [3.05, 3.63) is 23.2 Å². The van der Waals surface area contributed by atoms with Crippen molar-refractivity contribution in [2.45, 2.75) is 25.2 Å². The predicted molar refractivity (Wildman–Crippen MR) is 93.5 cm³/mol. The van der Waals surface area contributed by atoms with Gasteiger partial charge < -0.3 is 11.1 Å². The van der Waals surface area contributed by atoms with Crippen LogP contribution in [0.15, 0.2) is 23.1 Å². The average Bonchev–Trinajstić information content (AvgIpc) is 2.84. The lowest BCUT2D eigenvalue weighted by Gasteiger charge is -2.22. The van der Waals surface area contributed by atoms with Gasteiger partial charge >= 0.3 is 0 Å². The molecule has 1 heterocycles. The fourth-order valence-electron chi connectivity index (χ4n) is 2.45. The first kappa shape index (κ1) is 20.2. The number of rotatable bonds is 4. The van der Waals surface area contributed by atoms with Crippen LogP contribution in [0.5, 0.6) is 0 Å². The predicted octanol–water partition coefficient (Wildman–Crippen LogP) is 2.08. The molecule has 0 radical (unpaired) electrons. The van der Waals surface area contributed by atoms with Crippen LogP contribution in [0.25, 0.3) is 0 Å². The summed E-state index contributed by atoms with van der Waals surface area (Å²) in [5.41, 5.74) is 5.92. The number of hydrogen-bond acceptors (Lipinski definition) is 4. The summed E-state index contributed by atoms with van der Waals surface area (Å²) in [6.45, 7) is 4.63. The zero-order valence-electron chi connectivity index (χ0n) is 13.0. The van der Waals surface area contributed by atoms with Crippen LogP contribution in [-0.2, 0) is 14.8 Å². The Bertz CT molecular complexity index is 697. The fraction of sp³-hybridized carbons (Fsp3) is 0.500. The van der Waals surface area contributed by atoms with E-state index < -0.39 is 10.0 Å². The number of nitrogens with one attached hydrogen (secondary N) is 1. The normalized spacial score (nSPS) is 21.7. The van der Waals surface area contributed by atoms with Crippen molar-refractivity contribution in [1.82, 2.24) is 4.31 Å². The van der Waals surface area contributed by atoms with Crippen molar-refractivity contribution >= 4 is 45.6 Å². The molecule has 1 saturated heterocycles. The second-order valence-corrected chi connectivity index (χ2v) is 8.27. The van der Waals surface area contributed by atoms with Gasteiger partial charge in [-0.25, -0.2) is 8.42 Å². The molecule has 1 amide bonds. The Hall–Kier alpha value is -0.860. The topological polar surface area (TPSA) is 92.5 Å². The Morgan fingerprint density at radius 3 is 2.61 bits per heavy atom. The summed E-state index contributed by atoms with van der Waals surface area (Å²) in [6, 6.07) is 4.31. The Morgan fingerprint density at radius 1 is 1.48 bits per heavy atom. The van der Waals surface area contributed by atoms with E-state index in [9.17, 15) is 13.2 Å². The lowest BCUT2D eigenvalue weighted by molar-refractivity contribution is -0.114. The lowest BCUT2D eigenvalue weighted by atomic mass is 9.90. The molecule has 1 aliphatic rings. The van der Waals surface area contributed by atoms with Crippen molar-refractivity contribution < 1.29 is 13.2 Å². The quantitative estimate of drug-likeness (QED) is 0.834. The molecule has 1 aromatic carbocycles. The van der Waals surface area contributed by atoms with Crippen molar-refractivity contribution in [2.24, 2.45) is 11.1 Å². The summed E-state index contributed by atoms with van der Waals surface area (Å²) in [4.78, 5) is 11.2. The molecule has 0 aliphatic carbocycles. The van der Waals surface area contributed by atoms with Gasteiger partial charge in [-0.2, -0.15) is 4.31 Å². The molecule has 6 nitrogen and oxygen atoms in total. The third-order valence-corrected chi connectivity index (χ3v) is 6.06. The number of nitrogens with zero attached hydrogens (tertiary/aromatic N) is 1. The monoisotopic (exact) mass is 381 g/mol. The number of anilines is 1. The summed E-state index contributed by atoms with van der Waals surface area (Å²) in [5, 5.41) is 2.74. The van der Waals surface area contributed by atoms with Gasteiger partial charge in [-0.3, -0.25) is 4.79 Å². The molecule has 1 fully saturated rings. The number of nitrogens with two attached hydrogens (primary N) is 1. The third kappa shape index (κ3) is 4.36. The van der Waals surface area contributed by atoms with E-state index in [4.69, 9.17) is 17.3 Å². The second-order valence-electron chi connectivity index (χ2n) is 5.93. The molecule has 0 aromatic heterocycles. The van der Waals surface area contributed by atoms with Crippen molar-refractivity contribution in [2.75, 3.05) is 25.0 Å². The van der Waals surface area contributed by atoms with E-state index in [0.29, 0.717) is 25.3 Å². The van der Waals surface area contributed by atoms with Crippen LogP contribution in [-0.4, -0.2) is 38.3 Å². The van der Waals surface area contributed by atoms with E-state index in [2.05, 4.69) is 5.32 Å². The van der Waals surface area contributed by atoms with E-state index in [1.807, 2.05) is 6.92 Å². The number of amides is 1. The van der Waals surface area contributed by atoms with E-state index in [-0.39, 0.29) is 33.6 Å². The minimum Gasteiger partial charge on any atom is -0.330 e. The summed E-state index contributed by atoms with van der Waals surface area (Å²) in [7, 11) is -3.61. The van der Waals surface area contributed by atoms with E-state index >= 15 is 0 Å². The van der Waals surface area contributed by atoms with Crippen LogP contribution in [0.2, 0.25) is 5.02 Å². The van der Waals surface area contributed by atoms with Crippen LogP contribution < -0.4 is 11.1 Å². The summed E-state index contributed by atoms with van der Waals surface area (Å²) in [6.07, 6.45) is 0.737. The average molecular weight is 382 g/mol. The maximum atomic E-state index is 12.7. The van der Waals surface area contributed by atoms with Crippen LogP contribution in [0, 0.1) is 5.41 Å². The molecule has 0 spiro atoms. The van der Waals surface area contributed by atoms with Crippen LogP contribution in [0.1, 0.15) is 20.3 Å². The van der Waals surface area contributed by atoms with Gasteiger partial charge in [-0.15, -0.1) is 12.4 Å². The smallest absolute Gasteiger partial charge is 0.243 e. The Balaban J connectivity index is 0.00000264. The largest absolute Gasteiger partial charge is 0.330 e. The fourth-order valence-corrected chi connectivity index (χ4v) is 4.36. The number of halogens is 2. The number of sulfonamides is 1. The van der Waals surface area contributed by atoms with Crippen molar-refractivity contribution in [1.29, 1.82) is 0 Å². The minimum absolute atomic E-state index is 0. The molecule has 1 unspecified atom stereocenters. The second kappa shape index (κ2) is 7.36. The number of carbonyl (C=O) groups excluding carboxylic acids is 1. The van der Waals surface area contributed by atoms with Gasteiger partial charge in [-0.1, -0.05) is 18.5 Å². The summed E-state index contributed by atoms with van der Waals surface area (Å²) in [5.74, 6) is -0.268. The molecule has 0 saturated carbocycles. The molecular formula is C14H21Cl2N3O3S. The molecule has 1 aliphatic heterocycles. The molecule has 1 atom stereocenters. The van der Waals surface area contributed by atoms with Gasteiger partial charge in [0.2, 0.25) is 15.9 Å². The highest BCUT2D eigenvalue weighted by atomic mass is 35.5. The molecular weight excluding hydrogens is 361 g/mol. The van der Waals surface area contributed by atoms with Crippen molar-refractivity contribution in [3.8, 4) is 0 Å². The van der Waals surface area contributed by atoms with E-state index in [1.165, 1.54) is 29.4 Å². The molecule has 1 aromatic rings. The van der Waals surface area contributed by atoms with Crippen LogP contribution in [0.3, 0.4) is 0 Å². The highest BCUT2D eigenvalue weighted by Gasteiger charge is 2.39. The van der Waals surface area contributed by atoms with Crippen LogP contribution >= 0.6 is 24.0 Å². The van der Waals surface area contributed by atoms with Crippen LogP contribution in [0.4, 0.5) is 5.69 Å². The van der Waals surface area contributed by atoms with Crippen molar-refractivity contribution in [3.63, 3.8) is 0 Å². The summed E-state index contributed by atoms with van der Waals surface area (Å²) >= 11 is 6.05.